The Morgan fingerprint density at radius 2 is 2.12 bits per heavy atom. The Balaban J connectivity index is 1.48. The first-order chi connectivity index (χ1) is 12.3. The van der Waals surface area contributed by atoms with Crippen molar-refractivity contribution in [2.24, 2.45) is 12.0 Å². The second-order valence-electron chi connectivity index (χ2n) is 6.50. The fourth-order valence-corrected chi connectivity index (χ4v) is 4.75. The lowest BCUT2D eigenvalue weighted by Crippen LogP contribution is -2.33. The number of amidine groups is 1. The van der Waals surface area contributed by atoms with Crippen molar-refractivity contribution in [1.29, 1.82) is 0 Å². The number of aromatic nitrogens is 2. The summed E-state index contributed by atoms with van der Waals surface area (Å²) in [5.41, 5.74) is 5.06. The van der Waals surface area contributed by atoms with E-state index in [1.54, 1.807) is 11.8 Å². The van der Waals surface area contributed by atoms with Crippen LogP contribution in [0.4, 0.5) is 0 Å². The van der Waals surface area contributed by atoms with Crippen molar-refractivity contribution >= 4 is 33.5 Å². The van der Waals surface area contributed by atoms with Gasteiger partial charge >= 0.3 is 0 Å². The molecule has 2 aliphatic rings. The standard InChI is InChI=1S/C20H18N4S/c1-23-12-15(17-6-2-3-7-18(17)23)9-16-11-22-20-24(16)19(13-25-20)14-5-4-8-21-10-14/h2-8,10,12-13,16H,9,11H2,1H3/t16-/m0/s1. The van der Waals surface area contributed by atoms with Crippen LogP contribution in [0.3, 0.4) is 0 Å². The molecule has 0 amide bonds. The van der Waals surface area contributed by atoms with E-state index in [9.17, 15) is 0 Å². The van der Waals surface area contributed by atoms with Crippen LogP contribution in [0.2, 0.25) is 0 Å². The largest absolute Gasteiger partial charge is 0.350 e. The summed E-state index contributed by atoms with van der Waals surface area (Å²) in [7, 11) is 2.12. The molecule has 0 spiro atoms. The van der Waals surface area contributed by atoms with Crippen molar-refractivity contribution < 1.29 is 0 Å². The van der Waals surface area contributed by atoms with E-state index >= 15 is 0 Å². The van der Waals surface area contributed by atoms with E-state index in [0.29, 0.717) is 6.04 Å². The smallest absolute Gasteiger partial charge is 0.168 e. The van der Waals surface area contributed by atoms with E-state index in [4.69, 9.17) is 4.99 Å². The number of aliphatic imine (C=N–C) groups is 1. The first-order valence-corrected chi connectivity index (χ1v) is 9.33. The van der Waals surface area contributed by atoms with E-state index in [2.05, 4.69) is 63.4 Å². The molecule has 25 heavy (non-hydrogen) atoms. The minimum atomic E-state index is 0.363. The molecule has 0 bridgehead atoms. The van der Waals surface area contributed by atoms with Gasteiger partial charge in [-0.15, -0.1) is 0 Å². The first kappa shape index (κ1) is 14.8. The third-order valence-corrected chi connectivity index (χ3v) is 5.81. The number of benzene rings is 1. The molecule has 0 saturated heterocycles. The molecule has 0 saturated carbocycles. The molecule has 0 fully saturated rings. The number of aryl methyl sites for hydroxylation is 1. The number of para-hydroxylation sites is 1. The maximum Gasteiger partial charge on any atom is 0.168 e. The van der Waals surface area contributed by atoms with Gasteiger partial charge in [-0.25, -0.2) is 0 Å². The molecule has 2 aliphatic heterocycles. The molecular weight excluding hydrogens is 328 g/mol. The summed E-state index contributed by atoms with van der Waals surface area (Å²) in [5.74, 6) is 0. The number of thioether (sulfide) groups is 1. The van der Waals surface area contributed by atoms with Gasteiger partial charge < -0.3 is 9.47 Å². The lowest BCUT2D eigenvalue weighted by atomic mass is 10.0. The second kappa shape index (κ2) is 5.77. The number of hydrogen-bond acceptors (Lipinski definition) is 4. The summed E-state index contributed by atoms with van der Waals surface area (Å²) >= 11 is 1.72. The van der Waals surface area contributed by atoms with Gasteiger partial charge in [0.25, 0.3) is 0 Å². The third kappa shape index (κ3) is 2.38. The van der Waals surface area contributed by atoms with Crippen LogP contribution in [0, 0.1) is 0 Å². The van der Waals surface area contributed by atoms with Crippen molar-refractivity contribution in [3.63, 3.8) is 0 Å². The fraction of sp³-hybridized carbons (Fsp3) is 0.200. The molecule has 1 aromatic carbocycles. The highest BCUT2D eigenvalue weighted by atomic mass is 32.2. The Bertz CT molecular complexity index is 1000. The zero-order chi connectivity index (χ0) is 16.8. The summed E-state index contributed by atoms with van der Waals surface area (Å²) in [6.07, 6.45) is 7.01. The lowest BCUT2D eigenvalue weighted by Gasteiger charge is -2.25. The summed E-state index contributed by atoms with van der Waals surface area (Å²) in [5, 5.41) is 4.66. The number of pyridine rings is 1. The molecule has 5 rings (SSSR count). The minimum absolute atomic E-state index is 0.363. The Morgan fingerprint density at radius 3 is 3.00 bits per heavy atom. The number of fused-ring (bicyclic) bond motifs is 2. The van der Waals surface area contributed by atoms with Crippen molar-refractivity contribution in [2.45, 2.75) is 12.5 Å². The summed E-state index contributed by atoms with van der Waals surface area (Å²) in [6, 6.07) is 13.1. The van der Waals surface area contributed by atoms with Gasteiger partial charge in [-0.3, -0.25) is 9.98 Å². The molecule has 0 aliphatic carbocycles. The average Bonchev–Trinajstić information content (AvgIpc) is 3.32. The Morgan fingerprint density at radius 1 is 1.20 bits per heavy atom. The van der Waals surface area contributed by atoms with Crippen molar-refractivity contribution in [3.05, 3.63) is 71.5 Å². The van der Waals surface area contributed by atoms with Crippen LogP contribution in [0.25, 0.3) is 16.6 Å². The molecule has 0 radical (unpaired) electrons. The zero-order valence-corrected chi connectivity index (χ0v) is 14.8. The number of nitrogens with zero attached hydrogens (tertiary/aromatic N) is 4. The molecule has 124 valence electrons. The van der Waals surface area contributed by atoms with Gasteiger partial charge in [-0.05, 0) is 30.2 Å². The normalized spacial score (nSPS) is 19.2. The molecule has 0 N–H and O–H groups in total. The van der Waals surface area contributed by atoms with Gasteiger partial charge in [0.1, 0.15) is 0 Å². The van der Waals surface area contributed by atoms with Crippen molar-refractivity contribution in [3.8, 4) is 0 Å². The molecule has 2 aromatic heterocycles. The van der Waals surface area contributed by atoms with E-state index in [1.165, 1.54) is 22.2 Å². The maximum absolute atomic E-state index is 4.76. The Kier molecular flexibility index (Phi) is 3.41. The predicted molar refractivity (Wildman–Crippen MR) is 104 cm³/mol. The van der Waals surface area contributed by atoms with Crippen LogP contribution in [0.15, 0.2) is 65.4 Å². The van der Waals surface area contributed by atoms with E-state index in [-0.39, 0.29) is 0 Å². The maximum atomic E-state index is 4.76. The topological polar surface area (TPSA) is 33.4 Å². The summed E-state index contributed by atoms with van der Waals surface area (Å²) in [4.78, 5) is 11.4. The van der Waals surface area contributed by atoms with Crippen molar-refractivity contribution in [1.82, 2.24) is 14.5 Å². The van der Waals surface area contributed by atoms with E-state index in [0.717, 1.165) is 23.7 Å². The van der Waals surface area contributed by atoms with Gasteiger partial charge in [0.2, 0.25) is 0 Å². The summed E-state index contributed by atoms with van der Waals surface area (Å²) < 4.78 is 2.22. The van der Waals surface area contributed by atoms with Gasteiger partial charge in [0.15, 0.2) is 5.17 Å². The highest BCUT2D eigenvalue weighted by Gasteiger charge is 2.35. The highest BCUT2D eigenvalue weighted by Crippen LogP contribution is 2.39. The minimum Gasteiger partial charge on any atom is -0.350 e. The summed E-state index contributed by atoms with van der Waals surface area (Å²) in [6.45, 7) is 0.850. The molecule has 3 aromatic rings. The first-order valence-electron chi connectivity index (χ1n) is 8.45. The third-order valence-electron chi connectivity index (χ3n) is 4.94. The van der Waals surface area contributed by atoms with Crippen LogP contribution in [-0.2, 0) is 13.5 Å². The van der Waals surface area contributed by atoms with Crippen LogP contribution in [0.1, 0.15) is 11.1 Å². The molecule has 5 heteroatoms. The Labute approximate surface area is 150 Å². The van der Waals surface area contributed by atoms with E-state index in [1.807, 2.05) is 18.5 Å². The monoisotopic (exact) mass is 346 g/mol. The SMILES string of the molecule is Cn1cc(C[C@H]2CN=C3SC=C(c4cccnc4)N32)c2ccccc21. The quantitative estimate of drug-likeness (QED) is 0.721. The molecule has 4 heterocycles. The van der Waals surface area contributed by atoms with Crippen LogP contribution < -0.4 is 0 Å². The van der Waals surface area contributed by atoms with Crippen LogP contribution in [-0.4, -0.2) is 32.2 Å². The van der Waals surface area contributed by atoms with Crippen LogP contribution in [0.5, 0.6) is 0 Å². The van der Waals surface area contributed by atoms with Crippen LogP contribution >= 0.6 is 11.8 Å². The van der Waals surface area contributed by atoms with Gasteiger partial charge in [0, 0.05) is 47.5 Å². The fourth-order valence-electron chi connectivity index (χ4n) is 3.78. The zero-order valence-electron chi connectivity index (χ0n) is 14.0. The highest BCUT2D eigenvalue weighted by molar-refractivity contribution is 8.16. The average molecular weight is 346 g/mol. The molecular formula is C20H18N4S. The van der Waals surface area contributed by atoms with Gasteiger partial charge in [-0.1, -0.05) is 30.0 Å². The van der Waals surface area contributed by atoms with Gasteiger partial charge in [0.05, 0.1) is 18.3 Å². The lowest BCUT2D eigenvalue weighted by molar-refractivity contribution is 0.463. The Hall–Kier alpha value is -2.53. The molecule has 0 unspecified atom stereocenters. The predicted octanol–water partition coefficient (Wildman–Crippen LogP) is 3.90. The molecule has 4 nitrogen and oxygen atoms in total. The number of rotatable bonds is 3. The number of hydrogen-bond donors (Lipinski definition) is 0. The second-order valence-corrected chi connectivity index (χ2v) is 7.33. The molecule has 1 atom stereocenters. The van der Waals surface area contributed by atoms with Gasteiger partial charge in [-0.2, -0.15) is 0 Å². The van der Waals surface area contributed by atoms with Crippen molar-refractivity contribution in [2.75, 3.05) is 6.54 Å². The van der Waals surface area contributed by atoms with E-state index < -0.39 is 0 Å².